The van der Waals surface area contributed by atoms with Gasteiger partial charge in [-0.3, -0.25) is 0 Å². The average molecular weight is 308 g/mol. The molecule has 20 heavy (non-hydrogen) atoms. The monoisotopic (exact) mass is 307 g/mol. The number of rotatable bonds is 5. The fourth-order valence-electron chi connectivity index (χ4n) is 2.12. The van der Waals surface area contributed by atoms with Crippen LogP contribution in [0.25, 0.3) is 0 Å². The maximum atomic E-state index is 6.20. The Kier molecular flexibility index (Phi) is 5.33. The molecule has 2 aromatic carbocycles. The van der Waals surface area contributed by atoms with E-state index < -0.39 is 0 Å². The van der Waals surface area contributed by atoms with Crippen LogP contribution in [-0.2, 0) is 6.42 Å². The van der Waals surface area contributed by atoms with Crippen LogP contribution in [0.15, 0.2) is 42.5 Å². The lowest BCUT2D eigenvalue weighted by Gasteiger charge is -2.14. The Morgan fingerprint density at radius 2 is 1.80 bits per heavy atom. The number of methoxy groups -OCH3 is 1. The van der Waals surface area contributed by atoms with Crippen molar-refractivity contribution in [2.24, 2.45) is 0 Å². The van der Waals surface area contributed by atoms with Crippen LogP contribution in [0.2, 0.25) is 10.0 Å². The van der Waals surface area contributed by atoms with Crippen LogP contribution in [0.4, 0.5) is 0 Å². The van der Waals surface area contributed by atoms with Crippen molar-refractivity contribution in [2.45, 2.75) is 18.8 Å². The van der Waals surface area contributed by atoms with E-state index in [-0.39, 0.29) is 5.92 Å². The molecule has 0 amide bonds. The standard InChI is InChI=1S/C17H17Cl2O/c1-12(16-10-7-14(18)11-17(16)19)3-4-13-5-8-15(20-2)9-6-13/h5-12H,1,3-4H2,2H3. The predicted molar refractivity (Wildman–Crippen MR) is 85.9 cm³/mol. The molecule has 0 aliphatic carbocycles. The van der Waals surface area contributed by atoms with E-state index >= 15 is 0 Å². The average Bonchev–Trinajstić information content (AvgIpc) is 2.45. The van der Waals surface area contributed by atoms with Gasteiger partial charge in [0.15, 0.2) is 0 Å². The summed E-state index contributed by atoms with van der Waals surface area (Å²) in [5.41, 5.74) is 2.31. The van der Waals surface area contributed by atoms with Crippen molar-refractivity contribution in [2.75, 3.05) is 7.11 Å². The van der Waals surface area contributed by atoms with E-state index in [1.54, 1.807) is 13.2 Å². The summed E-state index contributed by atoms with van der Waals surface area (Å²) in [7, 11) is 1.67. The van der Waals surface area contributed by atoms with E-state index in [0.29, 0.717) is 10.0 Å². The highest BCUT2D eigenvalue weighted by Crippen LogP contribution is 2.30. The van der Waals surface area contributed by atoms with Crippen molar-refractivity contribution in [1.82, 2.24) is 0 Å². The Morgan fingerprint density at radius 1 is 1.10 bits per heavy atom. The molecule has 2 aromatic rings. The van der Waals surface area contributed by atoms with E-state index in [0.717, 1.165) is 24.2 Å². The third-order valence-electron chi connectivity index (χ3n) is 3.34. The molecule has 0 spiro atoms. The van der Waals surface area contributed by atoms with Crippen LogP contribution in [0.5, 0.6) is 5.75 Å². The zero-order valence-corrected chi connectivity index (χ0v) is 12.9. The quantitative estimate of drug-likeness (QED) is 0.703. The first kappa shape index (κ1) is 15.2. The molecule has 1 radical (unpaired) electrons. The SMILES string of the molecule is [CH2]C(CCc1ccc(OC)cc1)c1ccc(Cl)cc1Cl. The zero-order valence-electron chi connectivity index (χ0n) is 11.4. The number of aryl methyl sites for hydroxylation is 1. The molecule has 2 rings (SSSR count). The number of hydrogen-bond acceptors (Lipinski definition) is 1. The van der Waals surface area contributed by atoms with E-state index in [2.05, 4.69) is 19.1 Å². The first-order chi connectivity index (χ1) is 9.60. The summed E-state index contributed by atoms with van der Waals surface area (Å²) in [6.07, 6.45) is 1.89. The third-order valence-corrected chi connectivity index (χ3v) is 3.91. The molecule has 0 N–H and O–H groups in total. The molecule has 3 heteroatoms. The van der Waals surface area contributed by atoms with Gasteiger partial charge in [-0.2, -0.15) is 0 Å². The van der Waals surface area contributed by atoms with Crippen LogP contribution in [-0.4, -0.2) is 7.11 Å². The lowest BCUT2D eigenvalue weighted by molar-refractivity contribution is 0.414. The van der Waals surface area contributed by atoms with Crippen LogP contribution in [0.1, 0.15) is 23.5 Å². The van der Waals surface area contributed by atoms with Crippen molar-refractivity contribution in [3.8, 4) is 5.75 Å². The Morgan fingerprint density at radius 3 is 2.40 bits per heavy atom. The minimum atomic E-state index is 0.155. The van der Waals surface area contributed by atoms with Gasteiger partial charge >= 0.3 is 0 Å². The van der Waals surface area contributed by atoms with Gasteiger partial charge in [0, 0.05) is 10.0 Å². The van der Waals surface area contributed by atoms with Crippen molar-refractivity contribution >= 4 is 23.2 Å². The summed E-state index contributed by atoms with van der Waals surface area (Å²) in [6.45, 7) is 4.20. The highest BCUT2D eigenvalue weighted by Gasteiger charge is 2.10. The molecule has 0 aromatic heterocycles. The summed E-state index contributed by atoms with van der Waals surface area (Å²) >= 11 is 12.1. The fourth-order valence-corrected chi connectivity index (χ4v) is 2.68. The fraction of sp³-hybridized carbons (Fsp3) is 0.235. The predicted octanol–water partition coefficient (Wildman–Crippen LogP) is 5.55. The normalized spacial score (nSPS) is 12.2. The van der Waals surface area contributed by atoms with Gasteiger partial charge in [-0.15, -0.1) is 0 Å². The minimum Gasteiger partial charge on any atom is -0.497 e. The van der Waals surface area contributed by atoms with Gasteiger partial charge in [0.05, 0.1) is 7.11 Å². The second kappa shape index (κ2) is 7.01. The van der Waals surface area contributed by atoms with Gasteiger partial charge in [0.1, 0.15) is 5.75 Å². The highest BCUT2D eigenvalue weighted by molar-refractivity contribution is 6.35. The maximum absolute atomic E-state index is 6.20. The largest absolute Gasteiger partial charge is 0.497 e. The van der Waals surface area contributed by atoms with Gasteiger partial charge < -0.3 is 4.74 Å². The molecule has 0 saturated heterocycles. The number of halogens is 2. The number of benzene rings is 2. The molecule has 0 fully saturated rings. The first-order valence-electron chi connectivity index (χ1n) is 6.51. The third kappa shape index (κ3) is 3.91. The van der Waals surface area contributed by atoms with Crippen molar-refractivity contribution in [3.63, 3.8) is 0 Å². The number of ether oxygens (including phenoxy) is 1. The summed E-state index contributed by atoms with van der Waals surface area (Å²) in [4.78, 5) is 0. The Labute approximate surface area is 130 Å². The lowest BCUT2D eigenvalue weighted by atomic mass is 9.94. The topological polar surface area (TPSA) is 9.23 Å². The molecular weight excluding hydrogens is 291 g/mol. The van der Waals surface area contributed by atoms with Crippen molar-refractivity contribution in [1.29, 1.82) is 0 Å². The van der Waals surface area contributed by atoms with Crippen LogP contribution in [0, 0.1) is 6.92 Å². The van der Waals surface area contributed by atoms with Crippen molar-refractivity contribution < 1.29 is 4.74 Å². The summed E-state index contributed by atoms with van der Waals surface area (Å²) in [6, 6.07) is 13.7. The first-order valence-corrected chi connectivity index (χ1v) is 7.26. The van der Waals surface area contributed by atoms with E-state index in [1.165, 1.54) is 5.56 Å². The summed E-state index contributed by atoms with van der Waals surface area (Å²) in [5, 5.41) is 1.34. The summed E-state index contributed by atoms with van der Waals surface area (Å²) < 4.78 is 5.15. The smallest absolute Gasteiger partial charge is 0.118 e. The maximum Gasteiger partial charge on any atom is 0.118 e. The molecule has 1 unspecified atom stereocenters. The van der Waals surface area contributed by atoms with Crippen molar-refractivity contribution in [3.05, 3.63) is 70.6 Å². The van der Waals surface area contributed by atoms with Crippen LogP contribution in [0.3, 0.4) is 0 Å². The molecule has 1 atom stereocenters. The number of hydrogen-bond donors (Lipinski definition) is 0. The van der Waals surface area contributed by atoms with E-state index in [9.17, 15) is 0 Å². The molecule has 0 heterocycles. The van der Waals surface area contributed by atoms with Gasteiger partial charge in [0.2, 0.25) is 0 Å². The molecule has 0 aliphatic rings. The molecule has 0 saturated carbocycles. The van der Waals surface area contributed by atoms with E-state index in [4.69, 9.17) is 27.9 Å². The molecule has 105 valence electrons. The molecule has 1 nitrogen and oxygen atoms in total. The second-order valence-electron chi connectivity index (χ2n) is 4.75. The summed E-state index contributed by atoms with van der Waals surface area (Å²) in [5.74, 6) is 1.03. The lowest BCUT2D eigenvalue weighted by Crippen LogP contribution is -1.98. The minimum absolute atomic E-state index is 0.155. The Hall–Kier alpha value is -1.18. The molecule has 0 bridgehead atoms. The second-order valence-corrected chi connectivity index (χ2v) is 5.59. The van der Waals surface area contributed by atoms with Crippen LogP contribution < -0.4 is 4.74 Å². The van der Waals surface area contributed by atoms with Gasteiger partial charge in [-0.05, 0) is 61.1 Å². The highest BCUT2D eigenvalue weighted by atomic mass is 35.5. The van der Waals surface area contributed by atoms with Gasteiger partial charge in [-0.25, -0.2) is 0 Å². The van der Waals surface area contributed by atoms with Crippen LogP contribution >= 0.6 is 23.2 Å². The van der Waals surface area contributed by atoms with E-state index in [1.807, 2.05) is 24.3 Å². The Balaban J connectivity index is 1.98. The Bertz CT molecular complexity index is 564. The van der Waals surface area contributed by atoms with Gasteiger partial charge in [0.25, 0.3) is 0 Å². The molecular formula is C17H17Cl2O. The van der Waals surface area contributed by atoms with Gasteiger partial charge in [-0.1, -0.05) is 41.4 Å². The molecule has 0 aliphatic heterocycles. The zero-order chi connectivity index (χ0) is 14.5.